The normalized spacial score (nSPS) is 16.0. The molecule has 0 atom stereocenters. The Morgan fingerprint density at radius 3 is 2.39 bits per heavy atom. The van der Waals surface area contributed by atoms with E-state index in [4.69, 9.17) is 4.74 Å². The van der Waals surface area contributed by atoms with Crippen LogP contribution in [0.25, 0.3) is 6.08 Å². The maximum absolute atomic E-state index is 12.3. The lowest BCUT2D eigenvalue weighted by atomic mass is 10.1. The number of aliphatic imine (C=N–C) groups is 1. The Morgan fingerprint density at radius 2 is 1.68 bits per heavy atom. The van der Waals surface area contributed by atoms with E-state index in [0.717, 1.165) is 22.6 Å². The Hall–Kier alpha value is -3.31. The van der Waals surface area contributed by atoms with Crippen LogP contribution in [0.3, 0.4) is 0 Å². The third kappa shape index (κ3) is 5.44. The smallest absolute Gasteiger partial charge is 0.264 e. The fraction of sp³-hybridized carbons (Fsp3) is 0.154. The number of nitrogens with zero attached hydrogens (tertiary/aromatic N) is 1. The Kier molecular flexibility index (Phi) is 6.23. The SMILES string of the molecule is Cc1ccc(COc2ccc(C=C3SC(=Nc4ccc(C)c(C)c4)NC3=O)cc2)cc1. The summed E-state index contributed by atoms with van der Waals surface area (Å²) >= 11 is 1.35. The van der Waals surface area contributed by atoms with Crippen molar-refractivity contribution < 1.29 is 9.53 Å². The molecule has 4 nitrogen and oxygen atoms in total. The molecule has 3 aromatic carbocycles. The van der Waals surface area contributed by atoms with Crippen molar-refractivity contribution in [1.29, 1.82) is 0 Å². The molecule has 0 radical (unpaired) electrons. The van der Waals surface area contributed by atoms with Gasteiger partial charge in [0.2, 0.25) is 0 Å². The topological polar surface area (TPSA) is 50.7 Å². The van der Waals surface area contributed by atoms with Gasteiger partial charge in [0.1, 0.15) is 12.4 Å². The second-order valence-corrected chi connectivity index (χ2v) is 8.62. The van der Waals surface area contributed by atoms with Crippen LogP contribution >= 0.6 is 11.8 Å². The van der Waals surface area contributed by atoms with Crippen molar-refractivity contribution in [2.24, 2.45) is 4.99 Å². The molecular formula is C26H24N2O2S. The average molecular weight is 429 g/mol. The number of carbonyl (C=O) groups excluding carboxylic acids is 1. The molecule has 0 saturated carbocycles. The van der Waals surface area contributed by atoms with Crippen molar-refractivity contribution in [3.05, 3.63) is 99.5 Å². The molecule has 5 heteroatoms. The molecular weight excluding hydrogens is 404 g/mol. The minimum Gasteiger partial charge on any atom is -0.489 e. The first-order valence-corrected chi connectivity index (χ1v) is 10.9. The van der Waals surface area contributed by atoms with Gasteiger partial charge in [-0.05, 0) is 85.1 Å². The highest BCUT2D eigenvalue weighted by Gasteiger charge is 2.23. The van der Waals surface area contributed by atoms with E-state index < -0.39 is 0 Å². The molecule has 1 aliphatic rings. The van der Waals surface area contributed by atoms with E-state index in [2.05, 4.69) is 55.3 Å². The Labute approximate surface area is 187 Å². The lowest BCUT2D eigenvalue weighted by molar-refractivity contribution is -0.115. The first-order valence-electron chi connectivity index (χ1n) is 10.1. The highest BCUT2D eigenvalue weighted by atomic mass is 32.2. The summed E-state index contributed by atoms with van der Waals surface area (Å²) in [7, 11) is 0. The summed E-state index contributed by atoms with van der Waals surface area (Å²) in [6.07, 6.45) is 1.87. The number of amides is 1. The van der Waals surface area contributed by atoms with Crippen LogP contribution in [0.2, 0.25) is 0 Å². The number of amidine groups is 1. The largest absolute Gasteiger partial charge is 0.489 e. The molecule has 3 aromatic rings. The second-order valence-electron chi connectivity index (χ2n) is 7.59. The van der Waals surface area contributed by atoms with Gasteiger partial charge in [0.15, 0.2) is 5.17 Å². The van der Waals surface area contributed by atoms with Crippen molar-refractivity contribution in [2.75, 3.05) is 0 Å². The number of aryl methyl sites for hydroxylation is 3. The molecule has 1 heterocycles. The van der Waals surface area contributed by atoms with Gasteiger partial charge in [0.25, 0.3) is 5.91 Å². The summed E-state index contributed by atoms with van der Waals surface area (Å²) in [5.41, 5.74) is 6.54. The van der Waals surface area contributed by atoms with Crippen LogP contribution < -0.4 is 10.1 Å². The molecule has 156 valence electrons. The van der Waals surface area contributed by atoms with Crippen LogP contribution in [0.5, 0.6) is 5.75 Å². The first kappa shape index (κ1) is 20.9. The predicted octanol–water partition coefficient (Wildman–Crippen LogP) is 6.08. The van der Waals surface area contributed by atoms with Gasteiger partial charge in [-0.3, -0.25) is 4.79 Å². The molecule has 4 rings (SSSR count). The fourth-order valence-corrected chi connectivity index (χ4v) is 3.90. The predicted molar refractivity (Wildman–Crippen MR) is 129 cm³/mol. The molecule has 0 unspecified atom stereocenters. The third-order valence-corrected chi connectivity index (χ3v) is 5.99. The van der Waals surface area contributed by atoms with Gasteiger partial charge in [-0.15, -0.1) is 0 Å². The van der Waals surface area contributed by atoms with Gasteiger partial charge < -0.3 is 10.1 Å². The molecule has 0 aliphatic carbocycles. The molecule has 1 amide bonds. The van der Waals surface area contributed by atoms with E-state index in [0.29, 0.717) is 16.7 Å². The van der Waals surface area contributed by atoms with E-state index in [1.165, 1.54) is 28.5 Å². The van der Waals surface area contributed by atoms with E-state index in [-0.39, 0.29) is 5.91 Å². The fourth-order valence-electron chi connectivity index (χ4n) is 3.06. The van der Waals surface area contributed by atoms with Crippen LogP contribution in [-0.4, -0.2) is 11.1 Å². The Morgan fingerprint density at radius 1 is 0.935 bits per heavy atom. The summed E-state index contributed by atoms with van der Waals surface area (Å²) in [4.78, 5) is 17.5. The number of nitrogens with one attached hydrogen (secondary N) is 1. The van der Waals surface area contributed by atoms with Crippen LogP contribution in [-0.2, 0) is 11.4 Å². The molecule has 1 saturated heterocycles. The van der Waals surface area contributed by atoms with Gasteiger partial charge in [-0.1, -0.05) is 48.0 Å². The number of thioether (sulfide) groups is 1. The van der Waals surface area contributed by atoms with Crippen molar-refractivity contribution in [3.8, 4) is 5.75 Å². The zero-order valence-electron chi connectivity index (χ0n) is 17.8. The molecule has 31 heavy (non-hydrogen) atoms. The highest BCUT2D eigenvalue weighted by Crippen LogP contribution is 2.29. The average Bonchev–Trinajstić information content (AvgIpc) is 3.10. The number of ether oxygens (including phenoxy) is 1. The molecule has 1 N–H and O–H groups in total. The molecule has 0 bridgehead atoms. The summed E-state index contributed by atoms with van der Waals surface area (Å²) in [5.74, 6) is 0.663. The van der Waals surface area contributed by atoms with Crippen molar-refractivity contribution >= 4 is 34.6 Å². The third-order valence-electron chi connectivity index (χ3n) is 5.08. The van der Waals surface area contributed by atoms with Gasteiger partial charge in [-0.2, -0.15) is 0 Å². The summed E-state index contributed by atoms with van der Waals surface area (Å²) in [6, 6.07) is 22.0. The maximum Gasteiger partial charge on any atom is 0.264 e. The number of hydrogen-bond donors (Lipinski definition) is 1. The minimum absolute atomic E-state index is 0.132. The van der Waals surface area contributed by atoms with Crippen LogP contribution in [0.4, 0.5) is 5.69 Å². The number of hydrogen-bond acceptors (Lipinski definition) is 4. The van der Waals surface area contributed by atoms with E-state index >= 15 is 0 Å². The van der Waals surface area contributed by atoms with Crippen LogP contribution in [0.1, 0.15) is 27.8 Å². The number of benzene rings is 3. The monoisotopic (exact) mass is 428 g/mol. The summed E-state index contributed by atoms with van der Waals surface area (Å²) in [6.45, 7) is 6.72. The molecule has 1 aliphatic heterocycles. The van der Waals surface area contributed by atoms with E-state index in [1.54, 1.807) is 0 Å². The summed E-state index contributed by atoms with van der Waals surface area (Å²) in [5, 5.41) is 3.44. The summed E-state index contributed by atoms with van der Waals surface area (Å²) < 4.78 is 5.86. The quantitative estimate of drug-likeness (QED) is 0.501. The lowest BCUT2D eigenvalue weighted by Crippen LogP contribution is -2.19. The van der Waals surface area contributed by atoms with Gasteiger partial charge in [0, 0.05) is 0 Å². The molecule has 0 spiro atoms. The van der Waals surface area contributed by atoms with E-state index in [9.17, 15) is 4.79 Å². The zero-order chi connectivity index (χ0) is 21.8. The van der Waals surface area contributed by atoms with Crippen molar-refractivity contribution in [1.82, 2.24) is 5.32 Å². The number of carbonyl (C=O) groups is 1. The van der Waals surface area contributed by atoms with E-state index in [1.807, 2.05) is 48.5 Å². The van der Waals surface area contributed by atoms with Gasteiger partial charge in [0.05, 0.1) is 10.6 Å². The highest BCUT2D eigenvalue weighted by molar-refractivity contribution is 8.18. The van der Waals surface area contributed by atoms with Gasteiger partial charge in [-0.25, -0.2) is 4.99 Å². The lowest BCUT2D eigenvalue weighted by Gasteiger charge is -2.07. The van der Waals surface area contributed by atoms with Crippen molar-refractivity contribution in [3.63, 3.8) is 0 Å². The molecule has 1 fully saturated rings. The van der Waals surface area contributed by atoms with Crippen molar-refractivity contribution in [2.45, 2.75) is 27.4 Å². The Bertz CT molecular complexity index is 1160. The number of rotatable bonds is 5. The standard InChI is InChI=1S/C26H24N2O2S/c1-17-4-7-21(8-5-17)16-30-23-12-9-20(10-13-23)15-24-25(29)28-26(31-24)27-22-11-6-18(2)19(3)14-22/h4-15H,16H2,1-3H3,(H,27,28,29). The van der Waals surface area contributed by atoms with Crippen LogP contribution in [0, 0.1) is 20.8 Å². The van der Waals surface area contributed by atoms with Crippen LogP contribution in [0.15, 0.2) is 76.6 Å². The first-order chi connectivity index (χ1) is 15.0. The second kappa shape index (κ2) is 9.23. The zero-order valence-corrected chi connectivity index (χ0v) is 18.6. The molecule has 0 aromatic heterocycles. The Balaban J connectivity index is 1.41. The maximum atomic E-state index is 12.3. The minimum atomic E-state index is -0.132. The van der Waals surface area contributed by atoms with Gasteiger partial charge >= 0.3 is 0 Å².